The van der Waals surface area contributed by atoms with Gasteiger partial charge in [-0.2, -0.15) is 4.99 Å². The quantitative estimate of drug-likeness (QED) is 0.574. The van der Waals surface area contributed by atoms with E-state index in [0.717, 1.165) is 0 Å². The highest BCUT2D eigenvalue weighted by Crippen LogP contribution is 2.42. The van der Waals surface area contributed by atoms with E-state index in [4.69, 9.17) is 9.47 Å². The summed E-state index contributed by atoms with van der Waals surface area (Å²) in [6, 6.07) is -0.502. The third-order valence-electron chi connectivity index (χ3n) is 5.21. The molecule has 11 heteroatoms. The van der Waals surface area contributed by atoms with Crippen LogP contribution < -0.4 is 10.6 Å². The lowest BCUT2D eigenvalue weighted by atomic mass is 10.1. The number of fused-ring (bicyclic) bond motifs is 1. The molecule has 2 heterocycles. The molecule has 31 heavy (non-hydrogen) atoms. The highest BCUT2D eigenvalue weighted by Gasteiger charge is 2.49. The number of aliphatic hydroxyl groups excluding tert-OH is 1. The van der Waals surface area contributed by atoms with Gasteiger partial charge in [0, 0.05) is 32.3 Å². The van der Waals surface area contributed by atoms with E-state index < -0.39 is 36.1 Å². The van der Waals surface area contributed by atoms with Crippen LogP contribution in [0.5, 0.6) is 0 Å². The Hall–Kier alpha value is -3.21. The van der Waals surface area contributed by atoms with Crippen LogP contribution in [0.2, 0.25) is 0 Å². The number of rotatable bonds is 5. The Morgan fingerprint density at radius 3 is 2.52 bits per heavy atom. The lowest BCUT2D eigenvalue weighted by Crippen LogP contribution is -2.43. The molecule has 0 spiro atoms. The number of nitrogens with zero attached hydrogens (tertiary/aromatic N) is 3. The molecule has 1 saturated carbocycles. The monoisotopic (exact) mass is 433 g/mol. The fraction of sp³-hybridized carbons (Fsp3) is 0.550. The summed E-state index contributed by atoms with van der Waals surface area (Å²) in [6.07, 6.45) is 0.227. The molecule has 0 aromatic carbocycles. The Balaban J connectivity index is 2.00. The Bertz CT molecular complexity index is 936. The van der Waals surface area contributed by atoms with E-state index in [1.165, 1.54) is 20.2 Å². The van der Waals surface area contributed by atoms with E-state index in [2.05, 4.69) is 27.2 Å². The van der Waals surface area contributed by atoms with Crippen molar-refractivity contribution in [2.24, 2.45) is 16.8 Å². The van der Waals surface area contributed by atoms with Crippen LogP contribution in [0.25, 0.3) is 5.70 Å². The molecular weight excluding hydrogens is 406 g/mol. The lowest BCUT2D eigenvalue weighted by molar-refractivity contribution is -0.167. The number of guanidine groups is 1. The topological polar surface area (TPSA) is 144 Å². The van der Waals surface area contributed by atoms with E-state index in [1.54, 1.807) is 18.4 Å². The minimum Gasteiger partial charge on any atom is -0.458 e. The molecule has 1 aromatic heterocycles. The number of carbonyl (C=O) groups excluding carboxylic acids is 3. The SMILES string of the molecule is C=C1NC(NC(=O)C(C)C)=Nc2c1ncn2C1CC(CO)C(OC(C)=O)C1OC(C)=O. The number of carbonyl (C=O) groups is 3. The predicted molar refractivity (Wildman–Crippen MR) is 110 cm³/mol. The molecule has 4 atom stereocenters. The standard InChI is InChI=1S/C20H27N5O6/c1-9(2)19(29)24-20-22-10(3)15-18(23-20)25(8-21-15)14-6-13(7-26)16(30-11(4)27)17(14)31-12(5)28/h8-9,13-14,16-17,26H,3,6-7H2,1-2,4-5H3,(H2,22,23,24,29). The van der Waals surface area contributed by atoms with E-state index in [-0.39, 0.29) is 24.4 Å². The van der Waals surface area contributed by atoms with Gasteiger partial charge < -0.3 is 24.5 Å². The van der Waals surface area contributed by atoms with Crippen molar-refractivity contribution >= 4 is 35.3 Å². The summed E-state index contributed by atoms with van der Waals surface area (Å²) < 4.78 is 12.6. The van der Waals surface area contributed by atoms with Crippen LogP contribution in [0.15, 0.2) is 17.9 Å². The van der Waals surface area contributed by atoms with Gasteiger partial charge in [-0.1, -0.05) is 20.4 Å². The molecule has 168 valence electrons. The van der Waals surface area contributed by atoms with Gasteiger partial charge in [0.15, 0.2) is 11.9 Å². The molecule has 0 bridgehead atoms. The molecule has 0 saturated heterocycles. The van der Waals surface area contributed by atoms with Crippen molar-refractivity contribution in [1.82, 2.24) is 20.2 Å². The molecule has 1 aromatic rings. The number of hydrogen-bond donors (Lipinski definition) is 3. The van der Waals surface area contributed by atoms with Gasteiger partial charge in [-0.05, 0) is 6.42 Å². The van der Waals surface area contributed by atoms with Crippen molar-refractivity contribution in [2.75, 3.05) is 6.61 Å². The van der Waals surface area contributed by atoms with Gasteiger partial charge in [0.1, 0.15) is 11.8 Å². The van der Waals surface area contributed by atoms with E-state index in [9.17, 15) is 19.5 Å². The Kier molecular flexibility index (Phi) is 6.44. The molecule has 1 amide bonds. The third kappa shape index (κ3) is 4.61. The fourth-order valence-corrected chi connectivity index (χ4v) is 3.79. The molecule has 2 aliphatic rings. The highest BCUT2D eigenvalue weighted by atomic mass is 16.6. The first-order chi connectivity index (χ1) is 14.6. The van der Waals surface area contributed by atoms with Crippen molar-refractivity contribution in [3.05, 3.63) is 18.6 Å². The van der Waals surface area contributed by atoms with Crippen LogP contribution >= 0.6 is 0 Å². The predicted octanol–water partition coefficient (Wildman–Crippen LogP) is 0.633. The lowest BCUT2D eigenvalue weighted by Gasteiger charge is -2.27. The summed E-state index contributed by atoms with van der Waals surface area (Å²) in [7, 11) is 0. The Labute approximate surface area is 179 Å². The minimum atomic E-state index is -0.844. The summed E-state index contributed by atoms with van der Waals surface area (Å²) in [5, 5.41) is 15.4. The minimum absolute atomic E-state index is 0.204. The molecule has 3 rings (SSSR count). The number of imidazole rings is 1. The van der Waals surface area contributed by atoms with E-state index in [0.29, 0.717) is 23.6 Å². The molecule has 4 unspecified atom stereocenters. The van der Waals surface area contributed by atoms with Gasteiger partial charge in [-0.3, -0.25) is 19.7 Å². The number of aliphatic hydroxyl groups is 1. The van der Waals surface area contributed by atoms with Crippen LogP contribution in [0.1, 0.15) is 45.9 Å². The number of hydrogen-bond acceptors (Lipinski definition) is 9. The largest absolute Gasteiger partial charge is 0.458 e. The van der Waals surface area contributed by atoms with Crippen LogP contribution in [-0.4, -0.2) is 57.3 Å². The summed E-state index contributed by atoms with van der Waals surface area (Å²) in [5.74, 6) is -1.38. The van der Waals surface area contributed by atoms with Gasteiger partial charge in [0.05, 0.1) is 18.1 Å². The Morgan fingerprint density at radius 1 is 1.29 bits per heavy atom. The van der Waals surface area contributed by atoms with Crippen LogP contribution in [-0.2, 0) is 23.9 Å². The van der Waals surface area contributed by atoms with E-state index in [1.807, 2.05) is 0 Å². The average molecular weight is 433 g/mol. The number of aromatic nitrogens is 2. The molecule has 11 nitrogen and oxygen atoms in total. The maximum Gasteiger partial charge on any atom is 0.303 e. The molecule has 1 aliphatic carbocycles. The maximum atomic E-state index is 12.1. The zero-order valence-electron chi connectivity index (χ0n) is 17.9. The van der Waals surface area contributed by atoms with Crippen LogP contribution in [0, 0.1) is 11.8 Å². The first kappa shape index (κ1) is 22.5. The average Bonchev–Trinajstić information content (AvgIpc) is 3.23. The van der Waals surface area contributed by atoms with Gasteiger partial charge in [0.25, 0.3) is 0 Å². The first-order valence-electron chi connectivity index (χ1n) is 10.00. The summed E-state index contributed by atoms with van der Waals surface area (Å²) in [5.41, 5.74) is 0.917. The van der Waals surface area contributed by atoms with Crippen LogP contribution in [0.3, 0.4) is 0 Å². The van der Waals surface area contributed by atoms with Crippen molar-refractivity contribution in [3.63, 3.8) is 0 Å². The second kappa shape index (κ2) is 8.88. The second-order valence-electron chi connectivity index (χ2n) is 7.93. The molecule has 3 N–H and O–H groups in total. The van der Waals surface area contributed by atoms with Gasteiger partial charge in [-0.15, -0.1) is 0 Å². The number of esters is 2. The molecule has 0 radical (unpaired) electrons. The number of nitrogens with one attached hydrogen (secondary N) is 2. The molecule has 1 fully saturated rings. The fourth-order valence-electron chi connectivity index (χ4n) is 3.79. The normalized spacial score (nSPS) is 24.8. The number of aliphatic imine (C=N–C) groups is 1. The van der Waals surface area contributed by atoms with Gasteiger partial charge >= 0.3 is 11.9 Å². The summed E-state index contributed by atoms with van der Waals surface area (Å²) >= 11 is 0. The Morgan fingerprint density at radius 2 is 1.94 bits per heavy atom. The maximum absolute atomic E-state index is 12.1. The van der Waals surface area contributed by atoms with Gasteiger partial charge in [-0.25, -0.2) is 4.98 Å². The van der Waals surface area contributed by atoms with Crippen molar-refractivity contribution in [2.45, 2.75) is 52.4 Å². The van der Waals surface area contributed by atoms with E-state index >= 15 is 0 Å². The first-order valence-corrected chi connectivity index (χ1v) is 10.00. The van der Waals surface area contributed by atoms with Crippen molar-refractivity contribution < 1.29 is 29.0 Å². The third-order valence-corrected chi connectivity index (χ3v) is 5.21. The second-order valence-corrected chi connectivity index (χ2v) is 7.93. The summed E-state index contributed by atoms with van der Waals surface area (Å²) in [6.45, 7) is 9.73. The molecule has 1 aliphatic heterocycles. The highest BCUT2D eigenvalue weighted by molar-refractivity contribution is 6.04. The van der Waals surface area contributed by atoms with Crippen molar-refractivity contribution in [3.8, 4) is 0 Å². The zero-order chi connectivity index (χ0) is 22.9. The number of ether oxygens (including phenoxy) is 2. The smallest absolute Gasteiger partial charge is 0.303 e. The number of amides is 1. The zero-order valence-corrected chi connectivity index (χ0v) is 17.9. The van der Waals surface area contributed by atoms with Crippen molar-refractivity contribution in [1.29, 1.82) is 0 Å². The van der Waals surface area contributed by atoms with Gasteiger partial charge in [0.2, 0.25) is 11.9 Å². The summed E-state index contributed by atoms with van der Waals surface area (Å²) in [4.78, 5) is 44.3. The molecular formula is C20H27N5O6. The van der Waals surface area contributed by atoms with Crippen LogP contribution in [0.4, 0.5) is 5.82 Å².